The number of carbonyl (C=O) groups excluding carboxylic acids is 1. The molecular formula is C13H22N2O3. The van der Waals surface area contributed by atoms with E-state index in [1.807, 2.05) is 11.5 Å². The predicted octanol–water partition coefficient (Wildman–Crippen LogP) is 1.92. The molecule has 0 aromatic carbocycles. The number of hydrogen-bond donors (Lipinski definition) is 1. The number of aromatic nitrogens is 2. The van der Waals surface area contributed by atoms with E-state index in [4.69, 9.17) is 4.74 Å². The molecule has 1 heterocycles. The Bertz CT molecular complexity index is 376. The van der Waals surface area contributed by atoms with Gasteiger partial charge >= 0.3 is 5.97 Å². The van der Waals surface area contributed by atoms with Crippen LogP contribution in [0, 0.1) is 5.92 Å². The highest BCUT2D eigenvalue weighted by Crippen LogP contribution is 2.27. The maximum atomic E-state index is 11.7. The maximum Gasteiger partial charge on any atom is 0.311 e. The van der Waals surface area contributed by atoms with Crippen LogP contribution in [0.15, 0.2) is 12.5 Å². The molecule has 1 aromatic rings. The summed E-state index contributed by atoms with van der Waals surface area (Å²) >= 11 is 0. The van der Waals surface area contributed by atoms with Crippen LogP contribution in [0.4, 0.5) is 0 Å². The first-order chi connectivity index (χ1) is 8.65. The van der Waals surface area contributed by atoms with Gasteiger partial charge in [-0.1, -0.05) is 19.8 Å². The molecule has 0 spiro atoms. The average Bonchev–Trinajstić information content (AvgIpc) is 2.86. The Morgan fingerprint density at radius 1 is 1.56 bits per heavy atom. The van der Waals surface area contributed by atoms with E-state index >= 15 is 0 Å². The van der Waals surface area contributed by atoms with Crippen molar-refractivity contribution < 1.29 is 14.6 Å². The summed E-state index contributed by atoms with van der Waals surface area (Å²) in [5, 5.41) is 10.3. The first-order valence-electron chi connectivity index (χ1n) is 6.41. The topological polar surface area (TPSA) is 64.3 Å². The van der Waals surface area contributed by atoms with E-state index in [1.54, 1.807) is 12.5 Å². The number of ether oxygens (including phenoxy) is 1. The van der Waals surface area contributed by atoms with Gasteiger partial charge in [0.15, 0.2) is 0 Å². The number of unbranched alkanes of at least 4 members (excludes halogenated alkanes) is 1. The van der Waals surface area contributed by atoms with Gasteiger partial charge in [0.2, 0.25) is 0 Å². The minimum absolute atomic E-state index is 0.361. The molecule has 5 nitrogen and oxygen atoms in total. The Kier molecular flexibility index (Phi) is 5.85. The van der Waals surface area contributed by atoms with E-state index < -0.39 is 12.0 Å². The van der Waals surface area contributed by atoms with E-state index in [1.165, 1.54) is 7.11 Å². The molecule has 1 aromatic heterocycles. The van der Waals surface area contributed by atoms with Gasteiger partial charge in [0.05, 0.1) is 31.2 Å². The predicted molar refractivity (Wildman–Crippen MR) is 67.9 cm³/mol. The van der Waals surface area contributed by atoms with Crippen molar-refractivity contribution in [3.63, 3.8) is 0 Å². The van der Waals surface area contributed by atoms with Crippen molar-refractivity contribution in [1.29, 1.82) is 0 Å². The highest BCUT2D eigenvalue weighted by atomic mass is 16.5. The molecule has 1 N–H and O–H groups in total. The molecule has 5 heteroatoms. The van der Waals surface area contributed by atoms with E-state index in [9.17, 15) is 9.90 Å². The first-order valence-corrected chi connectivity index (χ1v) is 6.41. The molecular weight excluding hydrogens is 232 g/mol. The van der Waals surface area contributed by atoms with Crippen LogP contribution in [-0.4, -0.2) is 27.7 Å². The highest BCUT2D eigenvalue weighted by molar-refractivity contribution is 5.73. The van der Waals surface area contributed by atoms with Crippen LogP contribution in [0.5, 0.6) is 0 Å². The molecule has 0 aliphatic rings. The van der Waals surface area contributed by atoms with Crippen LogP contribution < -0.4 is 0 Å². The minimum atomic E-state index is -0.855. The lowest BCUT2D eigenvalue weighted by molar-refractivity contribution is -0.150. The lowest BCUT2D eigenvalue weighted by Crippen LogP contribution is -2.25. The van der Waals surface area contributed by atoms with Gasteiger partial charge in [-0.25, -0.2) is 4.98 Å². The molecule has 1 rings (SSSR count). The zero-order chi connectivity index (χ0) is 13.5. The number of methoxy groups -OCH3 is 1. The second kappa shape index (κ2) is 7.16. The summed E-state index contributed by atoms with van der Waals surface area (Å²) in [7, 11) is 1.35. The molecule has 0 bridgehead atoms. The largest absolute Gasteiger partial charge is 0.469 e. The fourth-order valence-electron chi connectivity index (χ4n) is 2.03. The van der Waals surface area contributed by atoms with Crippen molar-refractivity contribution in [2.75, 3.05) is 7.11 Å². The Labute approximate surface area is 108 Å². The van der Waals surface area contributed by atoms with Crippen LogP contribution in [-0.2, 0) is 16.1 Å². The lowest BCUT2D eigenvalue weighted by Gasteiger charge is -2.21. The quantitative estimate of drug-likeness (QED) is 0.755. The Morgan fingerprint density at radius 3 is 2.83 bits per heavy atom. The molecule has 0 aliphatic carbocycles. The minimum Gasteiger partial charge on any atom is -0.469 e. The number of aryl methyl sites for hydroxylation is 1. The Hall–Kier alpha value is -1.36. The van der Waals surface area contributed by atoms with Crippen LogP contribution in [0.25, 0.3) is 0 Å². The van der Waals surface area contributed by atoms with Crippen molar-refractivity contribution in [1.82, 2.24) is 9.55 Å². The first kappa shape index (κ1) is 14.7. The van der Waals surface area contributed by atoms with Gasteiger partial charge in [-0.2, -0.15) is 0 Å². The molecule has 0 aliphatic heterocycles. The smallest absolute Gasteiger partial charge is 0.311 e. The molecule has 2 atom stereocenters. The van der Waals surface area contributed by atoms with Crippen LogP contribution in [0.3, 0.4) is 0 Å². The number of hydrogen-bond acceptors (Lipinski definition) is 4. The number of imidazole rings is 1. The summed E-state index contributed by atoms with van der Waals surface area (Å²) in [5.41, 5.74) is 0.670. The normalized spacial score (nSPS) is 14.2. The summed E-state index contributed by atoms with van der Waals surface area (Å²) in [6.07, 6.45) is 4.90. The molecule has 0 saturated carbocycles. The molecule has 0 radical (unpaired) electrons. The van der Waals surface area contributed by atoms with Crippen molar-refractivity contribution in [2.45, 2.75) is 45.8 Å². The highest BCUT2D eigenvalue weighted by Gasteiger charge is 2.30. The van der Waals surface area contributed by atoms with Crippen molar-refractivity contribution in [2.24, 2.45) is 5.92 Å². The second-order valence-electron chi connectivity index (χ2n) is 4.32. The molecule has 2 unspecified atom stereocenters. The zero-order valence-electron chi connectivity index (χ0n) is 11.3. The Balaban J connectivity index is 2.87. The monoisotopic (exact) mass is 254 g/mol. The molecule has 0 amide bonds. The van der Waals surface area contributed by atoms with E-state index in [0.29, 0.717) is 18.7 Å². The zero-order valence-corrected chi connectivity index (χ0v) is 11.3. The standard InChI is InChI=1S/C13H22N2O3/c1-4-6-7-10(13(17)18-3)12(16)11-8-14-9-15(11)5-2/h8-10,12,16H,4-7H2,1-3H3. The summed E-state index contributed by atoms with van der Waals surface area (Å²) < 4.78 is 6.61. The summed E-state index contributed by atoms with van der Waals surface area (Å²) in [6.45, 7) is 4.74. The molecule has 0 fully saturated rings. The van der Waals surface area contributed by atoms with Gasteiger partial charge in [-0.3, -0.25) is 4.79 Å². The fraction of sp³-hybridized carbons (Fsp3) is 0.692. The third kappa shape index (κ3) is 3.32. The number of aliphatic hydroxyl groups excluding tert-OH is 1. The number of rotatable bonds is 7. The van der Waals surface area contributed by atoms with Gasteiger partial charge in [0.1, 0.15) is 6.10 Å². The van der Waals surface area contributed by atoms with E-state index in [-0.39, 0.29) is 5.97 Å². The molecule has 102 valence electrons. The maximum absolute atomic E-state index is 11.7. The van der Waals surface area contributed by atoms with Crippen molar-refractivity contribution in [3.8, 4) is 0 Å². The summed E-state index contributed by atoms with van der Waals surface area (Å²) in [6, 6.07) is 0. The molecule has 18 heavy (non-hydrogen) atoms. The summed E-state index contributed by atoms with van der Waals surface area (Å²) in [4.78, 5) is 15.8. The number of aliphatic hydroxyl groups is 1. The van der Waals surface area contributed by atoms with Gasteiger partial charge in [0, 0.05) is 6.54 Å². The van der Waals surface area contributed by atoms with E-state index in [2.05, 4.69) is 11.9 Å². The lowest BCUT2D eigenvalue weighted by atomic mass is 9.94. The van der Waals surface area contributed by atoms with E-state index in [0.717, 1.165) is 12.8 Å². The third-order valence-electron chi connectivity index (χ3n) is 3.14. The average molecular weight is 254 g/mol. The third-order valence-corrected chi connectivity index (χ3v) is 3.14. The van der Waals surface area contributed by atoms with Crippen molar-refractivity contribution in [3.05, 3.63) is 18.2 Å². The summed E-state index contributed by atoms with van der Waals surface area (Å²) in [5.74, 6) is -0.878. The van der Waals surface area contributed by atoms with Gasteiger partial charge in [0.25, 0.3) is 0 Å². The number of esters is 1. The van der Waals surface area contributed by atoms with Crippen molar-refractivity contribution >= 4 is 5.97 Å². The Morgan fingerprint density at radius 2 is 2.28 bits per heavy atom. The fourth-order valence-corrected chi connectivity index (χ4v) is 2.03. The number of carbonyl (C=O) groups is 1. The molecule has 0 saturated heterocycles. The number of nitrogens with zero attached hydrogens (tertiary/aromatic N) is 2. The van der Waals surface area contributed by atoms with Gasteiger partial charge < -0.3 is 14.4 Å². The SMILES string of the molecule is CCCCC(C(=O)OC)C(O)c1cncn1CC. The van der Waals surface area contributed by atoms with Crippen LogP contribution in [0.2, 0.25) is 0 Å². The van der Waals surface area contributed by atoms with Gasteiger partial charge in [-0.15, -0.1) is 0 Å². The second-order valence-corrected chi connectivity index (χ2v) is 4.32. The van der Waals surface area contributed by atoms with Crippen LogP contribution >= 0.6 is 0 Å². The van der Waals surface area contributed by atoms with Gasteiger partial charge in [-0.05, 0) is 13.3 Å². The van der Waals surface area contributed by atoms with Crippen LogP contribution in [0.1, 0.15) is 44.9 Å².